The van der Waals surface area contributed by atoms with Gasteiger partial charge in [0.05, 0.1) is 7.11 Å². The first-order chi connectivity index (χ1) is 5.63. The number of benzene rings is 1. The Balaban J connectivity index is 0. The maximum atomic E-state index is 12.2. The van der Waals surface area contributed by atoms with Crippen LogP contribution in [0, 0.1) is 0 Å². The maximum Gasteiger partial charge on any atom is 1.00 e. The number of halogens is 4. The van der Waals surface area contributed by atoms with Crippen LogP contribution in [0.1, 0.15) is 0 Å². The van der Waals surface area contributed by atoms with Gasteiger partial charge in [-0.05, 0) is 23.7 Å². The summed E-state index contributed by atoms with van der Waals surface area (Å²) in [5.74, 6) is 0.430. The van der Waals surface area contributed by atoms with Crippen molar-refractivity contribution in [1.29, 1.82) is 0 Å². The Morgan fingerprint density at radius 2 is 1.86 bits per heavy atom. The van der Waals surface area contributed by atoms with Gasteiger partial charge in [-0.2, -0.15) is 0 Å². The first-order valence-electron chi connectivity index (χ1n) is 3.26. The number of methoxy groups -OCH3 is 1. The molecule has 72 valence electrons. The predicted molar refractivity (Wildman–Crippen MR) is 48.3 cm³/mol. The summed E-state index contributed by atoms with van der Waals surface area (Å²) in [7, 11) is -1.02. The van der Waals surface area contributed by atoms with Crippen LogP contribution >= 0.6 is 15.9 Å². The van der Waals surface area contributed by atoms with E-state index >= 15 is 0 Å². The Hall–Kier alpha value is 0.991. The molecule has 0 radical (unpaired) electrons. The van der Waals surface area contributed by atoms with Gasteiger partial charge in [0.2, 0.25) is 0 Å². The Labute approximate surface area is 132 Å². The molecule has 0 heterocycles. The SMILES string of the molecule is COc1cc(Br)cc(B(F)F)c1.[F-].[K+]. The van der Waals surface area contributed by atoms with E-state index in [2.05, 4.69) is 15.9 Å². The molecule has 1 aromatic rings. The van der Waals surface area contributed by atoms with Crippen LogP contribution in [0.2, 0.25) is 0 Å². The van der Waals surface area contributed by atoms with Crippen LogP contribution in [0.15, 0.2) is 22.7 Å². The molecule has 0 spiro atoms. The van der Waals surface area contributed by atoms with Crippen LogP contribution in [0.4, 0.5) is 8.63 Å². The molecule has 0 saturated heterocycles. The average Bonchev–Trinajstić information content (AvgIpc) is 2.03. The van der Waals surface area contributed by atoms with E-state index in [0.29, 0.717) is 10.2 Å². The zero-order valence-corrected chi connectivity index (χ0v) is 12.4. The Morgan fingerprint density at radius 1 is 1.29 bits per heavy atom. The summed E-state index contributed by atoms with van der Waals surface area (Å²) in [6, 6.07) is 4.31. The quantitative estimate of drug-likeness (QED) is 0.507. The van der Waals surface area contributed by atoms with Crippen molar-refractivity contribution < 1.29 is 69.5 Å². The first-order valence-corrected chi connectivity index (χ1v) is 4.05. The van der Waals surface area contributed by atoms with Crippen LogP contribution in [0.5, 0.6) is 5.75 Å². The smallest absolute Gasteiger partial charge is 1.00 e. The van der Waals surface area contributed by atoms with Crippen molar-refractivity contribution in [2.45, 2.75) is 0 Å². The van der Waals surface area contributed by atoms with E-state index < -0.39 is 7.27 Å². The van der Waals surface area contributed by atoms with E-state index in [1.165, 1.54) is 19.2 Å². The Morgan fingerprint density at radius 3 is 2.29 bits per heavy atom. The molecule has 1 rings (SSSR count). The molecule has 0 aliphatic carbocycles. The molecule has 0 aromatic heterocycles. The minimum Gasteiger partial charge on any atom is -1.00 e. The fourth-order valence-corrected chi connectivity index (χ4v) is 1.32. The maximum absolute atomic E-state index is 12.2. The minimum atomic E-state index is -2.46. The van der Waals surface area contributed by atoms with E-state index in [9.17, 15) is 8.63 Å². The number of rotatable bonds is 2. The molecule has 0 aliphatic rings. The summed E-state index contributed by atoms with van der Waals surface area (Å²) >= 11 is 3.11. The molecule has 0 atom stereocenters. The molecule has 1 nitrogen and oxygen atoms in total. The van der Waals surface area contributed by atoms with Crippen molar-refractivity contribution in [3.63, 3.8) is 0 Å². The van der Waals surface area contributed by atoms with Crippen molar-refractivity contribution in [3.8, 4) is 5.75 Å². The molecule has 0 unspecified atom stereocenters. The number of hydrogen-bond donors (Lipinski definition) is 0. The largest absolute Gasteiger partial charge is 1.00 e. The normalized spacial score (nSPS) is 8.29. The van der Waals surface area contributed by atoms with Crippen LogP contribution < -0.4 is 66.3 Å². The van der Waals surface area contributed by atoms with Gasteiger partial charge in [0.1, 0.15) is 5.75 Å². The first kappa shape index (κ1) is 17.4. The van der Waals surface area contributed by atoms with Gasteiger partial charge in [-0.1, -0.05) is 15.9 Å². The molecule has 0 saturated carbocycles. The van der Waals surface area contributed by atoms with Crippen molar-refractivity contribution >= 4 is 28.7 Å². The molecule has 0 bridgehead atoms. The minimum absolute atomic E-state index is 0. The van der Waals surface area contributed by atoms with Crippen LogP contribution in [-0.4, -0.2) is 14.4 Å². The topological polar surface area (TPSA) is 9.23 Å². The van der Waals surface area contributed by atoms with E-state index in [0.717, 1.165) is 0 Å². The summed E-state index contributed by atoms with van der Waals surface area (Å²) in [4.78, 5) is 0. The van der Waals surface area contributed by atoms with Gasteiger partial charge in [-0.15, -0.1) is 0 Å². The van der Waals surface area contributed by atoms with Gasteiger partial charge < -0.3 is 9.44 Å². The predicted octanol–water partition coefficient (Wildman–Crippen LogP) is -3.90. The second kappa shape index (κ2) is 8.18. The van der Waals surface area contributed by atoms with E-state index in [-0.39, 0.29) is 61.6 Å². The Kier molecular flexibility index (Phi) is 10.2. The molecule has 0 N–H and O–H groups in total. The summed E-state index contributed by atoms with van der Waals surface area (Å²) in [5.41, 5.74) is -0.0405. The third-order valence-corrected chi connectivity index (χ3v) is 1.84. The van der Waals surface area contributed by atoms with Crippen molar-refractivity contribution in [2.75, 3.05) is 7.11 Å². The molecule has 7 heteroatoms. The summed E-state index contributed by atoms with van der Waals surface area (Å²) in [6.45, 7) is 0. The van der Waals surface area contributed by atoms with E-state index in [1.54, 1.807) is 6.07 Å². The molecular weight excluding hydrogens is 287 g/mol. The molecule has 0 aliphatic heterocycles. The molecule has 0 fully saturated rings. The Bertz CT molecular complexity index is 288. The second-order valence-corrected chi connectivity index (χ2v) is 3.14. The standard InChI is InChI=1S/C7H6BBrF2O.FH.K/c1-12-7-3-5(8(10)11)2-6(9)4-7;;/h2-4H,1H3;1H;/q;;+1/p-1. The summed E-state index contributed by atoms with van der Waals surface area (Å²) in [5, 5.41) is 0. The van der Waals surface area contributed by atoms with Gasteiger partial charge in [0.25, 0.3) is 0 Å². The third-order valence-electron chi connectivity index (χ3n) is 1.38. The van der Waals surface area contributed by atoms with Gasteiger partial charge in [0, 0.05) is 4.47 Å². The molecule has 1 aromatic carbocycles. The third kappa shape index (κ3) is 5.18. The second-order valence-electron chi connectivity index (χ2n) is 2.23. The molecule has 14 heavy (non-hydrogen) atoms. The van der Waals surface area contributed by atoms with Crippen molar-refractivity contribution in [2.24, 2.45) is 0 Å². The molecular formula is C7H6BBrF3KO. The zero-order valence-electron chi connectivity index (χ0n) is 7.73. The monoisotopic (exact) mass is 292 g/mol. The fourth-order valence-electron chi connectivity index (χ4n) is 0.828. The van der Waals surface area contributed by atoms with Gasteiger partial charge in [0.15, 0.2) is 0 Å². The summed E-state index contributed by atoms with van der Waals surface area (Å²) in [6.07, 6.45) is 0. The number of hydrogen-bond acceptors (Lipinski definition) is 1. The van der Waals surface area contributed by atoms with E-state index in [1.807, 2.05) is 0 Å². The van der Waals surface area contributed by atoms with Crippen molar-refractivity contribution in [3.05, 3.63) is 22.7 Å². The van der Waals surface area contributed by atoms with Gasteiger partial charge in [-0.3, -0.25) is 8.63 Å². The van der Waals surface area contributed by atoms with Gasteiger partial charge >= 0.3 is 58.7 Å². The van der Waals surface area contributed by atoms with Gasteiger partial charge in [-0.25, -0.2) is 0 Å². The average molecular weight is 293 g/mol. The van der Waals surface area contributed by atoms with Crippen LogP contribution in [0.3, 0.4) is 0 Å². The van der Waals surface area contributed by atoms with Crippen LogP contribution in [-0.2, 0) is 0 Å². The van der Waals surface area contributed by atoms with Crippen molar-refractivity contribution in [1.82, 2.24) is 0 Å². The molecule has 0 amide bonds. The number of ether oxygens (including phenoxy) is 1. The van der Waals surface area contributed by atoms with Crippen LogP contribution in [0.25, 0.3) is 0 Å². The fraction of sp³-hybridized carbons (Fsp3) is 0.143. The zero-order chi connectivity index (χ0) is 9.14. The van der Waals surface area contributed by atoms with E-state index in [4.69, 9.17) is 4.74 Å². The summed E-state index contributed by atoms with van der Waals surface area (Å²) < 4.78 is 29.8.